The second-order valence-electron chi connectivity index (χ2n) is 20.7. The monoisotopic (exact) mass is 920 g/mol. The van der Waals surface area contributed by atoms with Crippen molar-refractivity contribution in [3.63, 3.8) is 0 Å². The standard InChI is InChI=1S/C59H117NO5/c1-3-5-7-9-11-13-15-28-31-35-39-43-47-51-57(62)56(55-61)60-58(63)52-48-44-40-36-32-29-26-24-22-20-18-17-19-21-23-25-27-30-34-38-42-46-50-54-65-59(64)53-49-45-41-37-33-16-14-12-10-8-6-4-2/h56-57,61-62H,3-55H2,1-2H3,(H,60,63). The fraction of sp³-hybridized carbons (Fsp3) is 0.966. The fourth-order valence-corrected chi connectivity index (χ4v) is 9.58. The van der Waals surface area contributed by atoms with E-state index < -0.39 is 12.1 Å². The van der Waals surface area contributed by atoms with E-state index in [9.17, 15) is 19.8 Å². The van der Waals surface area contributed by atoms with Crippen LogP contribution in [0.2, 0.25) is 0 Å². The molecule has 0 aliphatic carbocycles. The zero-order valence-corrected chi connectivity index (χ0v) is 44.3. The van der Waals surface area contributed by atoms with Crippen molar-refractivity contribution in [3.8, 4) is 0 Å². The van der Waals surface area contributed by atoms with Gasteiger partial charge < -0.3 is 20.3 Å². The lowest BCUT2D eigenvalue weighted by Crippen LogP contribution is -2.45. The Balaban J connectivity index is 3.35. The van der Waals surface area contributed by atoms with Crippen molar-refractivity contribution >= 4 is 11.9 Å². The molecule has 0 heterocycles. The van der Waals surface area contributed by atoms with E-state index in [1.54, 1.807) is 0 Å². The van der Waals surface area contributed by atoms with Gasteiger partial charge in [-0.3, -0.25) is 9.59 Å². The first kappa shape index (κ1) is 63.9. The van der Waals surface area contributed by atoms with E-state index >= 15 is 0 Å². The lowest BCUT2D eigenvalue weighted by Gasteiger charge is -2.22. The molecule has 2 unspecified atom stereocenters. The summed E-state index contributed by atoms with van der Waals surface area (Å²) in [5.74, 6) is -0.0166. The minimum atomic E-state index is -0.661. The molecule has 1 amide bonds. The normalized spacial score (nSPS) is 12.5. The molecule has 0 rings (SSSR count). The summed E-state index contributed by atoms with van der Waals surface area (Å²) < 4.78 is 5.47. The Hall–Kier alpha value is -1.14. The van der Waals surface area contributed by atoms with Crippen molar-refractivity contribution in [1.82, 2.24) is 5.32 Å². The fourth-order valence-electron chi connectivity index (χ4n) is 9.58. The Labute approximate surface area is 406 Å². The quantitative estimate of drug-likeness (QED) is 0.0417. The van der Waals surface area contributed by atoms with E-state index in [4.69, 9.17) is 4.74 Å². The van der Waals surface area contributed by atoms with Gasteiger partial charge in [0.15, 0.2) is 0 Å². The van der Waals surface area contributed by atoms with Crippen molar-refractivity contribution in [2.45, 2.75) is 353 Å². The van der Waals surface area contributed by atoms with Gasteiger partial charge >= 0.3 is 5.97 Å². The maximum absolute atomic E-state index is 12.5. The number of carbonyl (C=O) groups excluding carboxylic acids is 2. The van der Waals surface area contributed by atoms with Gasteiger partial charge in [0.25, 0.3) is 0 Å². The molecule has 0 saturated carbocycles. The summed E-state index contributed by atoms with van der Waals surface area (Å²) in [7, 11) is 0. The largest absolute Gasteiger partial charge is 0.466 e. The third-order valence-corrected chi connectivity index (χ3v) is 14.2. The van der Waals surface area contributed by atoms with E-state index in [0.29, 0.717) is 25.9 Å². The first-order valence-electron chi connectivity index (χ1n) is 29.8. The second-order valence-corrected chi connectivity index (χ2v) is 20.7. The van der Waals surface area contributed by atoms with E-state index in [0.717, 1.165) is 38.5 Å². The van der Waals surface area contributed by atoms with Crippen LogP contribution in [0.5, 0.6) is 0 Å². The number of rotatable bonds is 56. The lowest BCUT2D eigenvalue weighted by molar-refractivity contribution is -0.143. The molecule has 0 radical (unpaired) electrons. The minimum absolute atomic E-state index is 0.0158. The molecule has 65 heavy (non-hydrogen) atoms. The molecule has 0 aromatic heterocycles. The summed E-state index contributed by atoms with van der Waals surface area (Å²) >= 11 is 0. The number of nitrogens with one attached hydrogen (secondary N) is 1. The molecule has 0 fully saturated rings. The van der Waals surface area contributed by atoms with Gasteiger partial charge in [0.1, 0.15) is 0 Å². The molecule has 6 nitrogen and oxygen atoms in total. The second kappa shape index (κ2) is 55.5. The summed E-state index contributed by atoms with van der Waals surface area (Å²) in [6.45, 7) is 4.97. The molecule has 0 saturated heterocycles. The highest BCUT2D eigenvalue weighted by Crippen LogP contribution is 2.18. The number of aliphatic hydroxyl groups is 2. The van der Waals surface area contributed by atoms with Gasteiger partial charge in [-0.25, -0.2) is 0 Å². The highest BCUT2D eigenvalue weighted by atomic mass is 16.5. The predicted octanol–water partition coefficient (Wildman–Crippen LogP) is 18.3. The van der Waals surface area contributed by atoms with Gasteiger partial charge in [0.2, 0.25) is 5.91 Å². The van der Waals surface area contributed by atoms with Gasteiger partial charge in [-0.15, -0.1) is 0 Å². The van der Waals surface area contributed by atoms with Gasteiger partial charge in [0, 0.05) is 12.8 Å². The van der Waals surface area contributed by atoms with Gasteiger partial charge in [-0.05, 0) is 25.7 Å². The van der Waals surface area contributed by atoms with Crippen molar-refractivity contribution in [2.75, 3.05) is 13.2 Å². The molecule has 388 valence electrons. The number of carbonyl (C=O) groups is 2. The molecule has 3 N–H and O–H groups in total. The highest BCUT2D eigenvalue weighted by Gasteiger charge is 2.20. The average Bonchev–Trinajstić information content (AvgIpc) is 3.31. The van der Waals surface area contributed by atoms with Crippen LogP contribution in [-0.2, 0) is 14.3 Å². The van der Waals surface area contributed by atoms with Gasteiger partial charge in [-0.1, -0.05) is 303 Å². The van der Waals surface area contributed by atoms with Crippen LogP contribution in [0.25, 0.3) is 0 Å². The third kappa shape index (κ3) is 52.1. The van der Waals surface area contributed by atoms with Crippen LogP contribution in [0.15, 0.2) is 0 Å². The molecule has 0 aromatic rings. The Bertz CT molecular complexity index is 928. The zero-order valence-electron chi connectivity index (χ0n) is 44.3. The van der Waals surface area contributed by atoms with Crippen molar-refractivity contribution in [1.29, 1.82) is 0 Å². The maximum Gasteiger partial charge on any atom is 0.305 e. The molecule has 2 atom stereocenters. The first-order valence-corrected chi connectivity index (χ1v) is 29.8. The minimum Gasteiger partial charge on any atom is -0.466 e. The van der Waals surface area contributed by atoms with Gasteiger partial charge in [0.05, 0.1) is 25.4 Å². The summed E-state index contributed by atoms with van der Waals surface area (Å²) in [5.41, 5.74) is 0. The zero-order chi connectivity index (χ0) is 47.2. The molecule has 0 spiro atoms. The summed E-state index contributed by atoms with van der Waals surface area (Å²) in [6.07, 6.45) is 63.9. The summed E-state index contributed by atoms with van der Waals surface area (Å²) in [4.78, 5) is 24.5. The average molecular weight is 921 g/mol. The van der Waals surface area contributed by atoms with Crippen LogP contribution < -0.4 is 5.32 Å². The number of hydrogen-bond acceptors (Lipinski definition) is 5. The molecular weight excluding hydrogens is 803 g/mol. The topological polar surface area (TPSA) is 95.9 Å². The Morgan fingerprint density at radius 1 is 0.369 bits per heavy atom. The molecule has 0 aliphatic heterocycles. The van der Waals surface area contributed by atoms with Gasteiger partial charge in [-0.2, -0.15) is 0 Å². The number of amides is 1. The van der Waals surface area contributed by atoms with E-state index in [1.165, 1.54) is 270 Å². The Morgan fingerprint density at radius 3 is 0.938 bits per heavy atom. The van der Waals surface area contributed by atoms with Crippen LogP contribution in [0, 0.1) is 0 Å². The molecule has 0 aromatic carbocycles. The van der Waals surface area contributed by atoms with Crippen LogP contribution in [0.1, 0.15) is 341 Å². The third-order valence-electron chi connectivity index (χ3n) is 14.2. The number of hydrogen-bond donors (Lipinski definition) is 3. The number of unbranched alkanes of at least 4 members (excludes halogenated alkanes) is 45. The smallest absolute Gasteiger partial charge is 0.305 e. The predicted molar refractivity (Wildman–Crippen MR) is 283 cm³/mol. The first-order chi connectivity index (χ1) is 32.0. The summed E-state index contributed by atoms with van der Waals surface area (Å²) in [6, 6.07) is -0.539. The number of aliphatic hydroxyl groups excluding tert-OH is 2. The molecule has 0 bridgehead atoms. The van der Waals surface area contributed by atoms with Crippen molar-refractivity contribution in [2.24, 2.45) is 0 Å². The lowest BCUT2D eigenvalue weighted by atomic mass is 10.0. The van der Waals surface area contributed by atoms with Crippen LogP contribution in [0.4, 0.5) is 0 Å². The SMILES string of the molecule is CCCCCCCCCCCCCCCC(O)C(CO)NC(=O)CCCCCCCCCCCCCCCCCCCCCCCCCOC(=O)CCCCCCCCCCCCCC. The molecular formula is C59H117NO5. The Morgan fingerprint density at radius 2 is 0.631 bits per heavy atom. The van der Waals surface area contributed by atoms with E-state index in [1.807, 2.05) is 0 Å². The van der Waals surface area contributed by atoms with Crippen LogP contribution >= 0.6 is 0 Å². The van der Waals surface area contributed by atoms with Crippen molar-refractivity contribution < 1.29 is 24.5 Å². The molecule has 0 aliphatic rings. The Kier molecular flexibility index (Phi) is 54.5. The van der Waals surface area contributed by atoms with E-state index in [-0.39, 0.29) is 18.5 Å². The van der Waals surface area contributed by atoms with E-state index in [2.05, 4.69) is 19.2 Å². The summed E-state index contributed by atoms with van der Waals surface area (Å²) in [5, 5.41) is 23.2. The number of ether oxygens (including phenoxy) is 1. The van der Waals surface area contributed by atoms with Crippen molar-refractivity contribution in [3.05, 3.63) is 0 Å². The van der Waals surface area contributed by atoms with Crippen LogP contribution in [0.3, 0.4) is 0 Å². The van der Waals surface area contributed by atoms with Crippen LogP contribution in [-0.4, -0.2) is 47.4 Å². The molecule has 6 heteroatoms. The number of esters is 1. The highest BCUT2D eigenvalue weighted by molar-refractivity contribution is 5.76. The maximum atomic E-state index is 12.5.